The van der Waals surface area contributed by atoms with Crippen molar-refractivity contribution in [3.8, 4) is 0 Å². The van der Waals surface area contributed by atoms with E-state index in [9.17, 15) is 0 Å². The summed E-state index contributed by atoms with van der Waals surface area (Å²) >= 11 is 3.55. The van der Waals surface area contributed by atoms with Gasteiger partial charge >= 0.3 is 0 Å². The Morgan fingerprint density at radius 1 is 1.12 bits per heavy atom. The van der Waals surface area contributed by atoms with E-state index in [-0.39, 0.29) is 0 Å². The molecule has 1 aliphatic rings. The molecule has 0 atom stereocenters. The van der Waals surface area contributed by atoms with Crippen molar-refractivity contribution >= 4 is 27.3 Å². The fourth-order valence-corrected chi connectivity index (χ4v) is 2.80. The second kappa shape index (κ2) is 5.58. The predicted molar refractivity (Wildman–Crippen MR) is 73.7 cm³/mol. The highest BCUT2D eigenvalue weighted by Gasteiger charge is 2.12. The molecule has 1 aromatic rings. The maximum absolute atomic E-state index is 5.73. The van der Waals surface area contributed by atoms with E-state index in [1.807, 2.05) is 12.1 Å². The highest BCUT2D eigenvalue weighted by molar-refractivity contribution is 9.10. The molecular weight excluding hydrogens is 264 g/mol. The van der Waals surface area contributed by atoms with Gasteiger partial charge in [-0.05, 0) is 47.0 Å². The van der Waals surface area contributed by atoms with E-state index >= 15 is 0 Å². The second-order valence-electron chi connectivity index (χ2n) is 4.57. The molecule has 16 heavy (non-hydrogen) atoms. The zero-order valence-electron chi connectivity index (χ0n) is 9.51. The number of nitrogen functional groups attached to an aromatic ring is 1. The fraction of sp³-hybridized carbons (Fsp3) is 0.538. The molecule has 0 heterocycles. The summed E-state index contributed by atoms with van der Waals surface area (Å²) in [7, 11) is 0. The van der Waals surface area contributed by atoms with Crippen LogP contribution in [0.1, 0.15) is 38.5 Å². The second-order valence-corrected chi connectivity index (χ2v) is 5.43. The van der Waals surface area contributed by atoms with E-state index in [1.165, 1.54) is 44.2 Å². The first kappa shape index (κ1) is 11.8. The molecule has 1 saturated carbocycles. The Labute approximate surface area is 106 Å². The van der Waals surface area contributed by atoms with E-state index in [4.69, 9.17) is 5.73 Å². The summed E-state index contributed by atoms with van der Waals surface area (Å²) in [6, 6.07) is 6.59. The summed E-state index contributed by atoms with van der Waals surface area (Å²) in [5.74, 6) is 0. The van der Waals surface area contributed by atoms with Gasteiger partial charge in [0.05, 0.1) is 0 Å². The molecule has 1 fully saturated rings. The van der Waals surface area contributed by atoms with Crippen molar-refractivity contribution in [2.45, 2.75) is 44.6 Å². The maximum Gasteiger partial charge on any atom is 0.0488 e. The Bertz CT molecular complexity index is 344. The number of anilines is 2. The van der Waals surface area contributed by atoms with Gasteiger partial charge in [-0.15, -0.1) is 0 Å². The van der Waals surface area contributed by atoms with Crippen LogP contribution in [0, 0.1) is 0 Å². The molecule has 3 heteroatoms. The zero-order valence-corrected chi connectivity index (χ0v) is 11.1. The number of rotatable bonds is 2. The number of halogens is 1. The predicted octanol–water partition coefficient (Wildman–Crippen LogP) is 4.17. The average molecular weight is 283 g/mol. The summed E-state index contributed by atoms with van der Waals surface area (Å²) in [5.41, 5.74) is 7.70. The third kappa shape index (κ3) is 3.14. The first-order chi connectivity index (χ1) is 7.75. The molecule has 2 nitrogen and oxygen atoms in total. The number of hydrogen-bond donors (Lipinski definition) is 2. The molecule has 0 bridgehead atoms. The highest BCUT2D eigenvalue weighted by Crippen LogP contribution is 2.28. The normalized spacial score (nSPS) is 18.1. The van der Waals surface area contributed by atoms with Gasteiger partial charge in [0.2, 0.25) is 0 Å². The van der Waals surface area contributed by atoms with Crippen molar-refractivity contribution in [2.24, 2.45) is 0 Å². The number of nitrogens with one attached hydrogen (secondary N) is 1. The van der Waals surface area contributed by atoms with Crippen LogP contribution in [-0.2, 0) is 0 Å². The number of nitrogens with two attached hydrogens (primary N) is 1. The van der Waals surface area contributed by atoms with Gasteiger partial charge in [0, 0.05) is 21.9 Å². The summed E-state index contributed by atoms with van der Waals surface area (Å²) in [6.45, 7) is 0. The minimum atomic E-state index is 0.627. The molecule has 88 valence electrons. The van der Waals surface area contributed by atoms with Crippen LogP contribution in [0.2, 0.25) is 0 Å². The molecule has 1 aliphatic carbocycles. The van der Waals surface area contributed by atoms with Crippen molar-refractivity contribution in [1.29, 1.82) is 0 Å². The number of benzene rings is 1. The lowest BCUT2D eigenvalue weighted by atomic mass is 10.1. The van der Waals surface area contributed by atoms with E-state index in [0.29, 0.717) is 6.04 Å². The molecule has 0 aliphatic heterocycles. The van der Waals surface area contributed by atoms with E-state index < -0.39 is 0 Å². The third-order valence-corrected chi connectivity index (χ3v) is 3.86. The Morgan fingerprint density at radius 3 is 2.44 bits per heavy atom. The third-order valence-electron chi connectivity index (χ3n) is 3.21. The van der Waals surface area contributed by atoms with Crippen molar-refractivity contribution < 1.29 is 0 Å². The van der Waals surface area contributed by atoms with Crippen LogP contribution in [0.5, 0.6) is 0 Å². The topological polar surface area (TPSA) is 38.0 Å². The SMILES string of the molecule is Nc1ccc(NC2CCCCCC2)c(Br)c1. The monoisotopic (exact) mass is 282 g/mol. The summed E-state index contributed by atoms with van der Waals surface area (Å²) < 4.78 is 1.07. The van der Waals surface area contributed by atoms with Crippen LogP contribution in [0.3, 0.4) is 0 Å². The lowest BCUT2D eigenvalue weighted by molar-refractivity contribution is 0.620. The van der Waals surface area contributed by atoms with Gasteiger partial charge in [0.15, 0.2) is 0 Å². The minimum absolute atomic E-state index is 0.627. The Balaban J connectivity index is 2.01. The van der Waals surface area contributed by atoms with Crippen LogP contribution >= 0.6 is 15.9 Å². The first-order valence-corrected chi connectivity index (χ1v) is 6.86. The van der Waals surface area contributed by atoms with Gasteiger partial charge in [-0.2, -0.15) is 0 Å². The quantitative estimate of drug-likeness (QED) is 0.631. The van der Waals surface area contributed by atoms with Gasteiger partial charge in [0.25, 0.3) is 0 Å². The maximum atomic E-state index is 5.73. The molecule has 2 rings (SSSR count). The standard InChI is InChI=1S/C13H19BrN2/c14-12-9-10(15)7-8-13(12)16-11-5-3-1-2-4-6-11/h7-9,11,16H,1-6,15H2. The van der Waals surface area contributed by atoms with Crippen LogP contribution in [-0.4, -0.2) is 6.04 Å². The lowest BCUT2D eigenvalue weighted by Gasteiger charge is -2.18. The van der Waals surface area contributed by atoms with E-state index in [0.717, 1.165) is 10.2 Å². The molecule has 0 amide bonds. The van der Waals surface area contributed by atoms with Crippen molar-refractivity contribution in [1.82, 2.24) is 0 Å². The summed E-state index contributed by atoms with van der Waals surface area (Å²) in [4.78, 5) is 0. The lowest BCUT2D eigenvalue weighted by Crippen LogP contribution is -2.18. The van der Waals surface area contributed by atoms with Crippen LogP contribution in [0.4, 0.5) is 11.4 Å². The highest BCUT2D eigenvalue weighted by atomic mass is 79.9. The fourth-order valence-electron chi connectivity index (χ4n) is 2.29. The van der Waals surface area contributed by atoms with Crippen LogP contribution < -0.4 is 11.1 Å². The van der Waals surface area contributed by atoms with E-state index in [1.54, 1.807) is 0 Å². The molecule has 0 aromatic heterocycles. The van der Waals surface area contributed by atoms with Gasteiger partial charge in [-0.3, -0.25) is 0 Å². The first-order valence-electron chi connectivity index (χ1n) is 6.07. The van der Waals surface area contributed by atoms with Crippen molar-refractivity contribution in [3.63, 3.8) is 0 Å². The van der Waals surface area contributed by atoms with Crippen LogP contribution in [0.25, 0.3) is 0 Å². The molecule has 1 aromatic carbocycles. The zero-order chi connectivity index (χ0) is 11.4. The van der Waals surface area contributed by atoms with Crippen molar-refractivity contribution in [3.05, 3.63) is 22.7 Å². The van der Waals surface area contributed by atoms with Gasteiger partial charge in [0.1, 0.15) is 0 Å². The van der Waals surface area contributed by atoms with Crippen LogP contribution in [0.15, 0.2) is 22.7 Å². The largest absolute Gasteiger partial charge is 0.399 e. The number of hydrogen-bond acceptors (Lipinski definition) is 2. The van der Waals surface area contributed by atoms with Crippen molar-refractivity contribution in [2.75, 3.05) is 11.1 Å². The van der Waals surface area contributed by atoms with Gasteiger partial charge in [-0.25, -0.2) is 0 Å². The summed E-state index contributed by atoms with van der Waals surface area (Å²) in [6.07, 6.45) is 8.06. The van der Waals surface area contributed by atoms with Gasteiger partial charge < -0.3 is 11.1 Å². The molecule has 0 radical (unpaired) electrons. The van der Waals surface area contributed by atoms with E-state index in [2.05, 4.69) is 27.3 Å². The molecule has 0 saturated heterocycles. The average Bonchev–Trinajstić information content (AvgIpc) is 2.51. The minimum Gasteiger partial charge on any atom is -0.399 e. The Morgan fingerprint density at radius 2 is 1.81 bits per heavy atom. The van der Waals surface area contributed by atoms with Gasteiger partial charge in [-0.1, -0.05) is 25.7 Å². The summed E-state index contributed by atoms with van der Waals surface area (Å²) in [5, 5.41) is 3.61. The molecule has 0 unspecified atom stereocenters. The smallest absolute Gasteiger partial charge is 0.0488 e. The molecule has 0 spiro atoms. The molecule has 3 N–H and O–H groups in total. The Hall–Kier alpha value is -0.700. The molecular formula is C13H19BrN2. The Kier molecular flexibility index (Phi) is 4.10.